The molecule has 1 N–H and O–H groups in total. The lowest BCUT2D eigenvalue weighted by atomic mass is 10.2. The van der Waals surface area contributed by atoms with Crippen molar-refractivity contribution in [2.75, 3.05) is 22.4 Å². The Morgan fingerprint density at radius 1 is 1.16 bits per heavy atom. The first-order chi connectivity index (χ1) is 11.7. The molecule has 0 aliphatic rings. The van der Waals surface area contributed by atoms with Crippen LogP contribution in [0.4, 0.5) is 11.4 Å². The molecule has 0 spiro atoms. The van der Waals surface area contributed by atoms with Crippen LogP contribution in [-0.4, -0.2) is 27.1 Å². The van der Waals surface area contributed by atoms with Gasteiger partial charge in [0.15, 0.2) is 0 Å². The van der Waals surface area contributed by atoms with E-state index >= 15 is 0 Å². The Balaban J connectivity index is 2.09. The van der Waals surface area contributed by atoms with E-state index in [0.29, 0.717) is 16.4 Å². The lowest BCUT2D eigenvalue weighted by molar-refractivity contribution is -0.116. The van der Waals surface area contributed by atoms with Crippen molar-refractivity contribution >= 4 is 38.9 Å². The van der Waals surface area contributed by atoms with Gasteiger partial charge in [-0.2, -0.15) is 0 Å². The van der Waals surface area contributed by atoms with Gasteiger partial charge < -0.3 is 5.32 Å². The molecule has 0 saturated heterocycles. The summed E-state index contributed by atoms with van der Waals surface area (Å²) in [6.07, 6.45) is 1.18. The van der Waals surface area contributed by atoms with Crippen LogP contribution in [-0.2, 0) is 14.8 Å². The van der Waals surface area contributed by atoms with Crippen LogP contribution in [0.2, 0.25) is 5.02 Å². The van der Waals surface area contributed by atoms with E-state index in [1.165, 1.54) is 4.31 Å². The summed E-state index contributed by atoms with van der Waals surface area (Å²) in [7, 11) is -3.48. The number of rotatable bonds is 6. The number of carbonyl (C=O) groups excluding carboxylic acids is 1. The van der Waals surface area contributed by atoms with Crippen molar-refractivity contribution in [3.8, 4) is 0 Å². The Bertz CT molecular complexity index is 882. The number of amides is 1. The van der Waals surface area contributed by atoms with Crippen LogP contribution in [0, 0.1) is 13.8 Å². The van der Waals surface area contributed by atoms with Crippen molar-refractivity contribution in [3.63, 3.8) is 0 Å². The van der Waals surface area contributed by atoms with Gasteiger partial charge in [-0.1, -0.05) is 23.7 Å². The molecule has 7 heteroatoms. The van der Waals surface area contributed by atoms with Crippen LogP contribution in [0.1, 0.15) is 17.5 Å². The molecule has 0 atom stereocenters. The Kier molecular flexibility index (Phi) is 6.08. The number of halogens is 1. The van der Waals surface area contributed by atoms with E-state index in [4.69, 9.17) is 11.6 Å². The standard InChI is InChI=1S/C18H21ClN2O3S/c1-13-5-4-6-16(11-13)21(25(3,23)24)10-9-18(22)20-17-8-7-15(19)12-14(17)2/h4-8,11-12H,9-10H2,1-3H3,(H,20,22). The number of anilines is 2. The SMILES string of the molecule is Cc1cccc(N(CCC(=O)Nc2ccc(Cl)cc2C)S(C)(=O)=O)c1. The second-order valence-corrected chi connectivity index (χ2v) is 8.27. The monoisotopic (exact) mass is 380 g/mol. The molecule has 0 aromatic heterocycles. The topological polar surface area (TPSA) is 66.5 Å². The highest BCUT2D eigenvalue weighted by Gasteiger charge is 2.19. The van der Waals surface area contributed by atoms with Crippen LogP contribution in [0.3, 0.4) is 0 Å². The Hall–Kier alpha value is -2.05. The minimum absolute atomic E-state index is 0.0447. The third-order valence-corrected chi connectivity index (χ3v) is 5.12. The molecular weight excluding hydrogens is 360 g/mol. The Labute approximate surface area is 153 Å². The molecule has 5 nitrogen and oxygen atoms in total. The van der Waals surface area contributed by atoms with Crippen molar-refractivity contribution in [1.29, 1.82) is 0 Å². The van der Waals surface area contributed by atoms with Crippen molar-refractivity contribution in [1.82, 2.24) is 0 Å². The molecule has 0 aliphatic carbocycles. The third kappa shape index (κ3) is 5.47. The number of carbonyl (C=O) groups is 1. The lowest BCUT2D eigenvalue weighted by Gasteiger charge is -2.22. The number of hydrogen-bond acceptors (Lipinski definition) is 3. The predicted molar refractivity (Wildman–Crippen MR) is 103 cm³/mol. The molecule has 0 radical (unpaired) electrons. The second-order valence-electron chi connectivity index (χ2n) is 5.93. The van der Waals surface area contributed by atoms with Gasteiger partial charge in [-0.3, -0.25) is 9.10 Å². The first-order valence-corrected chi connectivity index (χ1v) is 10.00. The van der Waals surface area contributed by atoms with Crippen molar-refractivity contribution < 1.29 is 13.2 Å². The largest absolute Gasteiger partial charge is 0.326 e. The summed E-state index contributed by atoms with van der Waals surface area (Å²) in [6, 6.07) is 12.4. The Morgan fingerprint density at radius 2 is 1.88 bits per heavy atom. The van der Waals surface area contributed by atoms with Gasteiger partial charge >= 0.3 is 0 Å². The summed E-state index contributed by atoms with van der Waals surface area (Å²) in [5.74, 6) is -0.258. The summed E-state index contributed by atoms with van der Waals surface area (Å²) in [4.78, 5) is 12.2. The van der Waals surface area contributed by atoms with Gasteiger partial charge in [0, 0.05) is 23.7 Å². The Morgan fingerprint density at radius 3 is 2.48 bits per heavy atom. The van der Waals surface area contributed by atoms with Gasteiger partial charge in [0.2, 0.25) is 15.9 Å². The van der Waals surface area contributed by atoms with Gasteiger partial charge in [-0.05, 0) is 55.3 Å². The maximum atomic E-state index is 12.2. The molecule has 0 bridgehead atoms. The third-order valence-electron chi connectivity index (χ3n) is 3.69. The molecule has 0 fully saturated rings. The molecule has 134 valence electrons. The maximum absolute atomic E-state index is 12.2. The number of benzene rings is 2. The van der Waals surface area contributed by atoms with Crippen molar-refractivity contribution in [2.24, 2.45) is 0 Å². The van der Waals surface area contributed by atoms with Crippen molar-refractivity contribution in [3.05, 3.63) is 58.6 Å². The zero-order chi connectivity index (χ0) is 18.6. The second kappa shape index (κ2) is 7.89. The molecule has 2 aromatic carbocycles. The fourth-order valence-corrected chi connectivity index (χ4v) is 3.60. The van der Waals surface area contributed by atoms with Crippen LogP contribution in [0.15, 0.2) is 42.5 Å². The molecule has 0 aliphatic heterocycles. The zero-order valence-electron chi connectivity index (χ0n) is 14.4. The van der Waals surface area contributed by atoms with E-state index in [1.54, 1.807) is 36.4 Å². The number of aryl methyl sites for hydroxylation is 2. The summed E-state index contributed by atoms with van der Waals surface area (Å²) >= 11 is 5.90. The highest BCUT2D eigenvalue weighted by molar-refractivity contribution is 7.92. The molecule has 1 amide bonds. The molecule has 0 unspecified atom stereocenters. The summed E-state index contributed by atoms with van der Waals surface area (Å²) < 4.78 is 25.4. The van der Waals surface area contributed by atoms with E-state index in [9.17, 15) is 13.2 Å². The van der Waals surface area contributed by atoms with E-state index < -0.39 is 10.0 Å². The van der Waals surface area contributed by atoms with Crippen LogP contribution < -0.4 is 9.62 Å². The number of nitrogens with zero attached hydrogens (tertiary/aromatic N) is 1. The smallest absolute Gasteiger partial charge is 0.232 e. The van der Waals surface area contributed by atoms with Gasteiger partial charge in [0.1, 0.15) is 0 Å². The first kappa shape index (κ1) is 19.3. The van der Waals surface area contributed by atoms with E-state index in [-0.39, 0.29) is 18.9 Å². The number of nitrogens with one attached hydrogen (secondary N) is 1. The minimum Gasteiger partial charge on any atom is -0.326 e. The fraction of sp³-hybridized carbons (Fsp3) is 0.278. The molecular formula is C18H21ClN2O3S. The molecule has 0 saturated carbocycles. The molecule has 25 heavy (non-hydrogen) atoms. The first-order valence-electron chi connectivity index (χ1n) is 7.77. The highest BCUT2D eigenvalue weighted by Crippen LogP contribution is 2.21. The highest BCUT2D eigenvalue weighted by atomic mass is 35.5. The van der Waals surface area contributed by atoms with E-state index in [0.717, 1.165) is 17.4 Å². The predicted octanol–water partition coefficient (Wildman–Crippen LogP) is 3.75. The number of sulfonamides is 1. The van der Waals surface area contributed by atoms with Crippen LogP contribution >= 0.6 is 11.6 Å². The quantitative estimate of drug-likeness (QED) is 0.829. The summed E-state index contributed by atoms with van der Waals surface area (Å²) in [5.41, 5.74) is 3.01. The van der Waals surface area contributed by atoms with Gasteiger partial charge in [0.25, 0.3) is 0 Å². The van der Waals surface area contributed by atoms with Crippen LogP contribution in [0.25, 0.3) is 0 Å². The maximum Gasteiger partial charge on any atom is 0.232 e. The molecule has 2 rings (SSSR count). The van der Waals surface area contributed by atoms with Crippen LogP contribution in [0.5, 0.6) is 0 Å². The minimum atomic E-state index is -3.48. The average molecular weight is 381 g/mol. The summed E-state index contributed by atoms with van der Waals surface area (Å²) in [5, 5.41) is 3.38. The number of hydrogen-bond donors (Lipinski definition) is 1. The van der Waals surface area contributed by atoms with E-state index in [2.05, 4.69) is 5.32 Å². The lowest BCUT2D eigenvalue weighted by Crippen LogP contribution is -2.33. The normalized spacial score (nSPS) is 11.2. The van der Waals surface area contributed by atoms with Gasteiger partial charge in [0.05, 0.1) is 11.9 Å². The van der Waals surface area contributed by atoms with Gasteiger partial charge in [-0.25, -0.2) is 8.42 Å². The fourth-order valence-electron chi connectivity index (χ4n) is 2.45. The van der Waals surface area contributed by atoms with Crippen molar-refractivity contribution in [2.45, 2.75) is 20.3 Å². The van der Waals surface area contributed by atoms with E-state index in [1.807, 2.05) is 19.9 Å². The zero-order valence-corrected chi connectivity index (χ0v) is 16.0. The average Bonchev–Trinajstić information content (AvgIpc) is 2.49. The molecule has 2 aromatic rings. The molecule has 0 heterocycles. The van der Waals surface area contributed by atoms with Gasteiger partial charge in [-0.15, -0.1) is 0 Å². The summed E-state index contributed by atoms with van der Waals surface area (Å²) in [6.45, 7) is 3.80.